The lowest BCUT2D eigenvalue weighted by Gasteiger charge is -2.17. The second-order valence-corrected chi connectivity index (χ2v) is 5.53. The van der Waals surface area contributed by atoms with E-state index in [2.05, 4.69) is 10.3 Å². The van der Waals surface area contributed by atoms with E-state index in [4.69, 9.17) is 1.41 Å². The number of aromatic nitrogens is 1. The summed E-state index contributed by atoms with van der Waals surface area (Å²) in [5.74, 6) is -1.46. The quantitative estimate of drug-likeness (QED) is 0.663. The number of aromatic amines is 1. The number of H-pyrrole nitrogens is 1. The molecule has 22 heavy (non-hydrogen) atoms. The Morgan fingerprint density at radius 3 is 3.00 bits per heavy atom. The van der Waals surface area contributed by atoms with Gasteiger partial charge in [-0.15, -0.1) is 0 Å². The fourth-order valence-electron chi connectivity index (χ4n) is 2.83. The molecule has 1 fully saturated rings. The largest absolute Gasteiger partial charge is 0.480 e. The van der Waals surface area contributed by atoms with E-state index in [1.807, 2.05) is 24.3 Å². The van der Waals surface area contributed by atoms with E-state index in [1.165, 1.54) is 5.31 Å². The van der Waals surface area contributed by atoms with E-state index in [0.717, 1.165) is 22.9 Å². The number of aliphatic carboxylic acids is 1. The Balaban J connectivity index is 1.74. The van der Waals surface area contributed by atoms with Gasteiger partial charge in [0.05, 0.1) is 6.04 Å². The number of amides is 1. The molecule has 1 saturated heterocycles. The van der Waals surface area contributed by atoms with Crippen molar-refractivity contribution in [2.75, 3.05) is 6.54 Å². The van der Waals surface area contributed by atoms with Crippen molar-refractivity contribution in [3.8, 4) is 0 Å². The molecule has 1 amide bonds. The maximum atomic E-state index is 12.2. The van der Waals surface area contributed by atoms with E-state index in [-0.39, 0.29) is 12.3 Å². The smallest absolute Gasteiger partial charge is 0.326 e. The van der Waals surface area contributed by atoms with Crippen molar-refractivity contribution in [2.45, 2.75) is 31.3 Å². The molecule has 2 atom stereocenters. The Kier molecular flexibility index (Phi) is 3.75. The van der Waals surface area contributed by atoms with Gasteiger partial charge < -0.3 is 20.7 Å². The van der Waals surface area contributed by atoms with Gasteiger partial charge in [0.15, 0.2) is 0 Å². The molecular weight excluding hydrogens is 282 g/mol. The molecule has 0 radical (unpaired) electrons. The molecule has 0 saturated carbocycles. The van der Waals surface area contributed by atoms with E-state index in [9.17, 15) is 14.7 Å². The summed E-state index contributed by atoms with van der Waals surface area (Å²) in [7, 11) is 0. The van der Waals surface area contributed by atoms with Crippen LogP contribution in [0, 0.1) is 0 Å². The zero-order valence-electron chi connectivity index (χ0n) is 13.1. The molecule has 1 aromatic carbocycles. The lowest BCUT2D eigenvalue weighted by molar-refractivity contribution is -0.142. The number of carbonyl (C=O) groups excluding carboxylic acids is 1. The minimum Gasteiger partial charge on any atom is -0.480 e. The first kappa shape index (κ1) is 13.3. The molecule has 1 aliphatic heterocycles. The summed E-state index contributed by atoms with van der Waals surface area (Å²) in [5, 5.41) is 14.2. The van der Waals surface area contributed by atoms with Gasteiger partial charge in [-0.05, 0) is 31.0 Å². The van der Waals surface area contributed by atoms with Crippen molar-refractivity contribution in [3.63, 3.8) is 0 Å². The molecule has 1 aliphatic rings. The summed E-state index contributed by atoms with van der Waals surface area (Å²) in [5.41, 5.74) is 1.79. The number of hydrogen-bond donors (Lipinski definition) is 4. The van der Waals surface area contributed by atoms with Crippen molar-refractivity contribution in [1.82, 2.24) is 15.6 Å². The number of benzene rings is 1. The molecular formula is C16H19N3O3. The molecule has 2 heterocycles. The first-order valence-electron chi connectivity index (χ1n) is 7.84. The molecule has 0 unspecified atom stereocenters. The number of hydrogen-bond acceptors (Lipinski definition) is 3. The van der Waals surface area contributed by atoms with Crippen LogP contribution in [-0.2, 0) is 16.0 Å². The fraction of sp³-hybridized carbons (Fsp3) is 0.375. The zero-order chi connectivity index (χ0) is 16.4. The first-order valence-corrected chi connectivity index (χ1v) is 7.40. The SMILES string of the molecule is [2H]N1CCC[C@H]1C(=O)N[C@@H](Cc1c[nH]c2ccccc12)C(=O)O. The highest BCUT2D eigenvalue weighted by atomic mass is 16.4. The Bertz CT molecular complexity index is 730. The number of nitrogens with one attached hydrogen (secondary N) is 3. The molecule has 2 aromatic rings. The van der Waals surface area contributed by atoms with Crippen LogP contribution in [0.2, 0.25) is 1.41 Å². The van der Waals surface area contributed by atoms with Gasteiger partial charge in [0.1, 0.15) is 7.45 Å². The van der Waals surface area contributed by atoms with Crippen molar-refractivity contribution in [3.05, 3.63) is 36.0 Å². The van der Waals surface area contributed by atoms with E-state index < -0.39 is 18.1 Å². The van der Waals surface area contributed by atoms with E-state index >= 15 is 0 Å². The van der Waals surface area contributed by atoms with Crippen LogP contribution in [0.4, 0.5) is 0 Å². The van der Waals surface area contributed by atoms with Crippen LogP contribution < -0.4 is 10.6 Å². The number of carbonyl (C=O) groups is 2. The van der Waals surface area contributed by atoms with Gasteiger partial charge in [-0.3, -0.25) is 4.79 Å². The Morgan fingerprint density at radius 1 is 1.45 bits per heavy atom. The third-order valence-electron chi connectivity index (χ3n) is 4.00. The molecule has 6 nitrogen and oxygen atoms in total. The number of rotatable bonds is 5. The monoisotopic (exact) mass is 302 g/mol. The number of carboxylic acids is 1. The Hall–Kier alpha value is -2.34. The number of para-hydroxylation sites is 1. The van der Waals surface area contributed by atoms with Gasteiger partial charge in [0, 0.05) is 23.5 Å². The molecule has 0 aliphatic carbocycles. The van der Waals surface area contributed by atoms with Crippen LogP contribution in [0.25, 0.3) is 10.9 Å². The molecule has 4 N–H and O–H groups in total. The molecule has 116 valence electrons. The summed E-state index contributed by atoms with van der Waals surface area (Å²) >= 11 is 0. The van der Waals surface area contributed by atoms with Crippen LogP contribution in [0.5, 0.6) is 0 Å². The first-order chi connectivity index (χ1) is 11.1. The van der Waals surface area contributed by atoms with Gasteiger partial charge in [-0.1, -0.05) is 18.2 Å². The van der Waals surface area contributed by atoms with E-state index in [0.29, 0.717) is 13.0 Å². The summed E-state index contributed by atoms with van der Waals surface area (Å²) in [4.78, 5) is 26.8. The van der Waals surface area contributed by atoms with Gasteiger partial charge in [-0.25, -0.2) is 4.79 Å². The lowest BCUT2D eigenvalue weighted by Crippen LogP contribution is -2.49. The third kappa shape index (κ3) is 2.96. The summed E-state index contributed by atoms with van der Waals surface area (Å²) in [6.45, 7) is 0.540. The van der Waals surface area contributed by atoms with Crippen molar-refractivity contribution in [2.24, 2.45) is 0 Å². The molecule has 1 aromatic heterocycles. The van der Waals surface area contributed by atoms with Crippen LogP contribution >= 0.6 is 0 Å². The predicted molar refractivity (Wildman–Crippen MR) is 82.6 cm³/mol. The Labute approximate surface area is 129 Å². The summed E-state index contributed by atoms with van der Waals surface area (Å²) in [6, 6.07) is 6.08. The second kappa shape index (κ2) is 6.19. The minimum absolute atomic E-state index is 0.204. The van der Waals surface area contributed by atoms with Gasteiger partial charge in [-0.2, -0.15) is 0 Å². The maximum absolute atomic E-state index is 12.2. The topological polar surface area (TPSA) is 94.2 Å². The van der Waals surface area contributed by atoms with Crippen molar-refractivity contribution in [1.29, 1.82) is 0 Å². The van der Waals surface area contributed by atoms with Crippen LogP contribution in [0.15, 0.2) is 30.5 Å². The zero-order valence-corrected chi connectivity index (χ0v) is 12.1. The number of fused-ring (bicyclic) bond motifs is 1. The predicted octanol–water partition coefficient (Wildman–Crippen LogP) is 1.03. The van der Waals surface area contributed by atoms with Crippen molar-refractivity contribution < 1.29 is 16.1 Å². The molecule has 0 bridgehead atoms. The average Bonchev–Trinajstić information content (AvgIpc) is 3.13. The molecule has 6 heteroatoms. The average molecular weight is 302 g/mol. The molecule has 0 spiro atoms. The number of carboxylic acid groups (broad SMARTS) is 1. The highest BCUT2D eigenvalue weighted by Gasteiger charge is 2.27. The van der Waals surface area contributed by atoms with Crippen LogP contribution in [-0.4, -0.2) is 40.6 Å². The van der Waals surface area contributed by atoms with Gasteiger partial charge in [0.2, 0.25) is 5.91 Å². The van der Waals surface area contributed by atoms with Gasteiger partial charge >= 0.3 is 5.97 Å². The highest BCUT2D eigenvalue weighted by molar-refractivity contribution is 5.88. The third-order valence-corrected chi connectivity index (χ3v) is 4.00. The Morgan fingerprint density at radius 2 is 2.27 bits per heavy atom. The lowest BCUT2D eigenvalue weighted by atomic mass is 10.0. The molecule has 3 rings (SSSR count). The standard InChI is InChI=1S/C16H19N3O3/c20-15(13-6-3-7-17-13)19-14(16(21)22)8-10-9-18-12-5-2-1-4-11(10)12/h1-2,4-5,9,13-14,17-18H,3,6-8H2,(H,19,20)(H,21,22)/t13-,14-/m0/s1/i/hD. The summed E-state index contributed by atoms with van der Waals surface area (Å²) in [6.07, 6.45) is 3.35. The van der Waals surface area contributed by atoms with Crippen LogP contribution in [0.3, 0.4) is 0 Å². The van der Waals surface area contributed by atoms with E-state index in [1.54, 1.807) is 6.20 Å². The highest BCUT2D eigenvalue weighted by Crippen LogP contribution is 2.19. The maximum Gasteiger partial charge on any atom is 0.326 e. The normalized spacial score (nSPS) is 20.7. The van der Waals surface area contributed by atoms with Crippen molar-refractivity contribution >= 4 is 22.8 Å². The summed E-state index contributed by atoms with van der Waals surface area (Å²) < 4.78 is 7.70. The van der Waals surface area contributed by atoms with Gasteiger partial charge in [0.25, 0.3) is 0 Å². The van der Waals surface area contributed by atoms with Crippen LogP contribution in [0.1, 0.15) is 18.4 Å². The fourth-order valence-corrected chi connectivity index (χ4v) is 2.83. The minimum atomic E-state index is -1.07. The second-order valence-electron chi connectivity index (χ2n) is 5.53.